The fourth-order valence-electron chi connectivity index (χ4n) is 2.52. The summed E-state index contributed by atoms with van der Waals surface area (Å²) < 4.78 is 5.29. The molecule has 0 unspecified atom stereocenters. The number of nitrogens with zero attached hydrogens (tertiary/aromatic N) is 1. The largest absolute Gasteiger partial charge is 0.496 e. The lowest BCUT2D eigenvalue weighted by molar-refractivity contribution is 0.409. The number of benzene rings is 1. The number of hydrogen-bond donors (Lipinski definition) is 2. The highest BCUT2D eigenvalue weighted by atomic mass is 35.5. The molecule has 0 amide bonds. The number of guanidine groups is 1. The van der Waals surface area contributed by atoms with Crippen LogP contribution in [-0.4, -0.2) is 19.1 Å². The van der Waals surface area contributed by atoms with Crippen LogP contribution in [0, 0.1) is 0 Å². The Labute approximate surface area is 125 Å². The van der Waals surface area contributed by atoms with Gasteiger partial charge >= 0.3 is 0 Å². The van der Waals surface area contributed by atoms with Crippen LogP contribution in [0.3, 0.4) is 0 Å². The maximum Gasteiger partial charge on any atom is 0.189 e. The first-order valence-electron chi connectivity index (χ1n) is 7.08. The van der Waals surface area contributed by atoms with E-state index in [1.807, 2.05) is 12.1 Å². The van der Waals surface area contributed by atoms with E-state index >= 15 is 0 Å². The lowest BCUT2D eigenvalue weighted by Crippen LogP contribution is -2.41. The summed E-state index contributed by atoms with van der Waals surface area (Å²) in [6.45, 7) is 0.492. The Morgan fingerprint density at radius 2 is 2.15 bits per heavy atom. The van der Waals surface area contributed by atoms with E-state index in [4.69, 9.17) is 22.1 Å². The summed E-state index contributed by atoms with van der Waals surface area (Å²) in [5.41, 5.74) is 6.92. The van der Waals surface area contributed by atoms with Gasteiger partial charge in [-0.1, -0.05) is 36.9 Å². The van der Waals surface area contributed by atoms with E-state index in [0.717, 1.165) is 11.3 Å². The maximum absolute atomic E-state index is 5.95. The molecule has 2 rings (SSSR count). The van der Waals surface area contributed by atoms with Crippen LogP contribution >= 0.6 is 11.6 Å². The monoisotopic (exact) mass is 295 g/mol. The SMILES string of the molecule is COc1cc(Cl)ccc1CN=C(N)NC1CCCCC1. The van der Waals surface area contributed by atoms with Crippen LogP contribution in [0.4, 0.5) is 0 Å². The molecule has 0 radical (unpaired) electrons. The molecule has 0 aromatic heterocycles. The van der Waals surface area contributed by atoms with E-state index in [9.17, 15) is 0 Å². The van der Waals surface area contributed by atoms with Gasteiger partial charge in [0.15, 0.2) is 5.96 Å². The molecule has 5 heteroatoms. The van der Waals surface area contributed by atoms with Crippen LogP contribution in [0.2, 0.25) is 5.02 Å². The molecule has 110 valence electrons. The molecule has 0 bridgehead atoms. The molecule has 4 nitrogen and oxygen atoms in total. The first-order valence-corrected chi connectivity index (χ1v) is 7.45. The summed E-state index contributed by atoms with van der Waals surface area (Å²) in [4.78, 5) is 4.39. The minimum Gasteiger partial charge on any atom is -0.496 e. The number of halogens is 1. The molecular formula is C15H22ClN3O. The zero-order valence-electron chi connectivity index (χ0n) is 11.9. The van der Waals surface area contributed by atoms with Gasteiger partial charge in [0, 0.05) is 16.6 Å². The van der Waals surface area contributed by atoms with Crippen LogP contribution < -0.4 is 15.8 Å². The molecule has 1 aromatic rings. The fraction of sp³-hybridized carbons (Fsp3) is 0.533. The predicted molar refractivity (Wildman–Crippen MR) is 83.3 cm³/mol. The highest BCUT2D eigenvalue weighted by Crippen LogP contribution is 2.23. The number of rotatable bonds is 4. The predicted octanol–water partition coefficient (Wildman–Crippen LogP) is 3.09. The van der Waals surface area contributed by atoms with Crippen LogP contribution in [-0.2, 0) is 6.54 Å². The summed E-state index contributed by atoms with van der Waals surface area (Å²) in [6.07, 6.45) is 6.24. The first-order chi connectivity index (χ1) is 9.69. The summed E-state index contributed by atoms with van der Waals surface area (Å²) in [7, 11) is 1.63. The molecule has 20 heavy (non-hydrogen) atoms. The van der Waals surface area contributed by atoms with Crippen LogP contribution in [0.5, 0.6) is 5.75 Å². The maximum atomic E-state index is 5.95. The van der Waals surface area contributed by atoms with E-state index in [0.29, 0.717) is 23.6 Å². The smallest absolute Gasteiger partial charge is 0.189 e. The quantitative estimate of drug-likeness (QED) is 0.663. The molecule has 0 heterocycles. The number of ether oxygens (including phenoxy) is 1. The number of nitrogens with two attached hydrogens (primary N) is 1. The summed E-state index contributed by atoms with van der Waals surface area (Å²) >= 11 is 5.93. The van der Waals surface area contributed by atoms with Crippen molar-refractivity contribution in [1.29, 1.82) is 0 Å². The van der Waals surface area contributed by atoms with E-state index in [-0.39, 0.29) is 0 Å². The van der Waals surface area contributed by atoms with E-state index in [2.05, 4.69) is 10.3 Å². The van der Waals surface area contributed by atoms with Crippen molar-refractivity contribution in [3.05, 3.63) is 28.8 Å². The molecule has 1 aliphatic carbocycles. The van der Waals surface area contributed by atoms with Crippen molar-refractivity contribution in [2.45, 2.75) is 44.7 Å². The molecule has 0 spiro atoms. The number of methoxy groups -OCH3 is 1. The van der Waals surface area contributed by atoms with Gasteiger partial charge in [-0.3, -0.25) is 0 Å². The average Bonchev–Trinajstić information content (AvgIpc) is 2.47. The lowest BCUT2D eigenvalue weighted by atomic mass is 9.96. The molecule has 1 aliphatic rings. The van der Waals surface area contributed by atoms with E-state index < -0.39 is 0 Å². The second kappa shape index (κ2) is 7.39. The van der Waals surface area contributed by atoms with Gasteiger partial charge in [0.2, 0.25) is 0 Å². The minimum atomic E-state index is 0.472. The van der Waals surface area contributed by atoms with Crippen LogP contribution in [0.15, 0.2) is 23.2 Å². The third kappa shape index (κ3) is 4.30. The number of nitrogens with one attached hydrogen (secondary N) is 1. The van der Waals surface area contributed by atoms with Crippen LogP contribution in [0.1, 0.15) is 37.7 Å². The van der Waals surface area contributed by atoms with Gasteiger partial charge in [-0.2, -0.15) is 0 Å². The molecule has 1 aromatic carbocycles. The highest BCUT2D eigenvalue weighted by Gasteiger charge is 2.13. The molecule has 0 atom stereocenters. The van der Waals surface area contributed by atoms with Crippen molar-refractivity contribution in [3.63, 3.8) is 0 Å². The van der Waals surface area contributed by atoms with Gasteiger partial charge in [0.1, 0.15) is 5.75 Å². The second-order valence-electron chi connectivity index (χ2n) is 5.14. The molecule has 0 saturated heterocycles. The zero-order chi connectivity index (χ0) is 14.4. The van der Waals surface area contributed by atoms with Crippen molar-refractivity contribution in [2.75, 3.05) is 7.11 Å². The Morgan fingerprint density at radius 1 is 1.40 bits per heavy atom. The fourth-order valence-corrected chi connectivity index (χ4v) is 2.68. The Kier molecular flexibility index (Phi) is 5.53. The van der Waals surface area contributed by atoms with Gasteiger partial charge in [-0.25, -0.2) is 4.99 Å². The minimum absolute atomic E-state index is 0.472. The standard InChI is InChI=1S/C15H22ClN3O/c1-20-14-9-12(16)8-7-11(14)10-18-15(17)19-13-5-3-2-4-6-13/h7-9,13H,2-6,10H2,1H3,(H3,17,18,19). The zero-order valence-corrected chi connectivity index (χ0v) is 12.6. The third-order valence-corrected chi connectivity index (χ3v) is 3.86. The van der Waals surface area contributed by atoms with Crippen molar-refractivity contribution >= 4 is 17.6 Å². The molecule has 0 aliphatic heterocycles. The summed E-state index contributed by atoms with van der Waals surface area (Å²) in [5, 5.41) is 3.95. The average molecular weight is 296 g/mol. The lowest BCUT2D eigenvalue weighted by Gasteiger charge is -2.23. The second-order valence-corrected chi connectivity index (χ2v) is 5.57. The van der Waals surface area contributed by atoms with Crippen molar-refractivity contribution in [2.24, 2.45) is 10.7 Å². The highest BCUT2D eigenvalue weighted by molar-refractivity contribution is 6.30. The number of aliphatic imine (C=N–C) groups is 1. The van der Waals surface area contributed by atoms with Crippen molar-refractivity contribution < 1.29 is 4.74 Å². The summed E-state index contributed by atoms with van der Waals surface area (Å²) in [5.74, 6) is 1.25. The number of hydrogen-bond acceptors (Lipinski definition) is 2. The Morgan fingerprint density at radius 3 is 2.85 bits per heavy atom. The normalized spacial score (nSPS) is 17.0. The van der Waals surface area contributed by atoms with E-state index in [1.165, 1.54) is 32.1 Å². The third-order valence-electron chi connectivity index (χ3n) is 3.63. The molecule has 1 fully saturated rings. The van der Waals surface area contributed by atoms with Gasteiger partial charge in [-0.05, 0) is 25.0 Å². The molecule has 3 N–H and O–H groups in total. The van der Waals surface area contributed by atoms with Crippen molar-refractivity contribution in [3.8, 4) is 5.75 Å². The summed E-state index contributed by atoms with van der Waals surface area (Å²) in [6, 6.07) is 6.01. The molecule has 1 saturated carbocycles. The van der Waals surface area contributed by atoms with E-state index in [1.54, 1.807) is 13.2 Å². The topological polar surface area (TPSA) is 59.6 Å². The van der Waals surface area contributed by atoms with Crippen molar-refractivity contribution in [1.82, 2.24) is 5.32 Å². The van der Waals surface area contributed by atoms with Gasteiger partial charge in [-0.15, -0.1) is 0 Å². The first kappa shape index (κ1) is 15.0. The van der Waals surface area contributed by atoms with Gasteiger partial charge in [0.05, 0.1) is 13.7 Å². The Bertz CT molecular complexity index is 470. The molecular weight excluding hydrogens is 274 g/mol. The van der Waals surface area contributed by atoms with Gasteiger partial charge < -0.3 is 15.8 Å². The Balaban J connectivity index is 1.93. The van der Waals surface area contributed by atoms with Gasteiger partial charge in [0.25, 0.3) is 0 Å². The Hall–Kier alpha value is -1.42. The van der Waals surface area contributed by atoms with Crippen LogP contribution in [0.25, 0.3) is 0 Å².